The molecule has 8 nitrogen and oxygen atoms in total. The first-order chi connectivity index (χ1) is 17.4. The SMILES string of the molecule is O=C1Nc2ccc(C(F)(F)F)cc2C1c1nc(NCc2ccncc2)nc2nn(C3CCCC3)cc12. The minimum atomic E-state index is -4.53. The van der Waals surface area contributed by atoms with Crippen molar-refractivity contribution in [2.24, 2.45) is 0 Å². The van der Waals surface area contributed by atoms with Crippen molar-refractivity contribution in [2.75, 3.05) is 10.6 Å². The molecule has 0 radical (unpaired) electrons. The fourth-order valence-corrected chi connectivity index (χ4v) is 4.99. The van der Waals surface area contributed by atoms with Crippen LogP contribution in [0.3, 0.4) is 0 Å². The highest BCUT2D eigenvalue weighted by Gasteiger charge is 2.39. The van der Waals surface area contributed by atoms with Crippen molar-refractivity contribution >= 4 is 28.6 Å². The Labute approximate surface area is 204 Å². The number of aromatic nitrogens is 5. The van der Waals surface area contributed by atoms with Crippen LogP contribution in [0.2, 0.25) is 0 Å². The van der Waals surface area contributed by atoms with E-state index in [1.165, 1.54) is 6.07 Å². The van der Waals surface area contributed by atoms with Crippen LogP contribution in [-0.2, 0) is 17.5 Å². The predicted octanol–water partition coefficient (Wildman–Crippen LogP) is 5.05. The summed E-state index contributed by atoms with van der Waals surface area (Å²) in [5, 5.41) is 11.1. The van der Waals surface area contributed by atoms with E-state index in [0.717, 1.165) is 43.4 Å². The van der Waals surface area contributed by atoms with Gasteiger partial charge in [0.25, 0.3) is 0 Å². The lowest BCUT2D eigenvalue weighted by atomic mass is 9.93. The highest BCUT2D eigenvalue weighted by Crippen LogP contribution is 2.42. The Kier molecular flexibility index (Phi) is 5.35. The molecule has 3 aromatic heterocycles. The zero-order chi connectivity index (χ0) is 24.9. The summed E-state index contributed by atoms with van der Waals surface area (Å²) in [6, 6.07) is 7.20. The highest BCUT2D eigenvalue weighted by molar-refractivity contribution is 6.06. The van der Waals surface area contributed by atoms with Crippen LogP contribution in [-0.4, -0.2) is 30.6 Å². The highest BCUT2D eigenvalue weighted by atomic mass is 19.4. The van der Waals surface area contributed by atoms with Crippen LogP contribution in [0.5, 0.6) is 0 Å². The second-order valence-corrected chi connectivity index (χ2v) is 9.15. The molecule has 4 aromatic rings. The first kappa shape index (κ1) is 22.4. The maximum Gasteiger partial charge on any atom is 0.416 e. The summed E-state index contributed by atoms with van der Waals surface area (Å²) < 4.78 is 42.3. The normalized spacial score (nSPS) is 18.0. The largest absolute Gasteiger partial charge is 0.416 e. The lowest BCUT2D eigenvalue weighted by molar-refractivity contribution is -0.137. The molecule has 1 saturated carbocycles. The lowest BCUT2D eigenvalue weighted by Crippen LogP contribution is -2.16. The summed E-state index contributed by atoms with van der Waals surface area (Å²) >= 11 is 0. The number of anilines is 2. The van der Waals surface area contributed by atoms with Crippen LogP contribution >= 0.6 is 0 Å². The summed E-state index contributed by atoms with van der Waals surface area (Å²) in [7, 11) is 0. The monoisotopic (exact) mass is 493 g/mol. The van der Waals surface area contributed by atoms with Gasteiger partial charge >= 0.3 is 6.18 Å². The summed E-state index contributed by atoms with van der Waals surface area (Å²) in [6.07, 6.45) is 4.84. The molecule has 1 atom stereocenters. The molecule has 6 rings (SSSR count). The third-order valence-corrected chi connectivity index (χ3v) is 6.81. The molecule has 1 aliphatic heterocycles. The fraction of sp³-hybridized carbons (Fsp3) is 0.320. The zero-order valence-corrected chi connectivity index (χ0v) is 19.1. The Balaban J connectivity index is 1.46. The van der Waals surface area contributed by atoms with Crippen LogP contribution < -0.4 is 10.6 Å². The fourth-order valence-electron chi connectivity index (χ4n) is 4.99. The standard InChI is InChI=1S/C25H22F3N7O/c26-25(27,28)15-5-6-19-17(11-15)20(23(36)31-19)21-18-13-35(16-3-1-2-4-16)34-22(18)33-24(32-21)30-12-14-7-9-29-10-8-14/h5-11,13,16,20H,1-4,12H2,(H,31,36)(H,30,33,34). The summed E-state index contributed by atoms with van der Waals surface area (Å²) in [5.74, 6) is -1.20. The molecule has 0 saturated heterocycles. The molecule has 4 heterocycles. The number of benzene rings is 1. The number of halogens is 3. The number of hydrogen-bond donors (Lipinski definition) is 2. The topological polar surface area (TPSA) is 97.6 Å². The lowest BCUT2D eigenvalue weighted by Gasteiger charge is -2.13. The minimum absolute atomic E-state index is 0.224. The van der Waals surface area contributed by atoms with Gasteiger partial charge in [-0.15, -0.1) is 0 Å². The molecule has 36 heavy (non-hydrogen) atoms. The van der Waals surface area contributed by atoms with Crippen molar-refractivity contribution in [2.45, 2.75) is 50.4 Å². The van der Waals surface area contributed by atoms with Crippen LogP contribution in [0.25, 0.3) is 11.0 Å². The second kappa shape index (κ2) is 8.58. The Hall–Kier alpha value is -4.02. The molecule has 1 fully saturated rings. The second-order valence-electron chi connectivity index (χ2n) is 9.15. The van der Waals surface area contributed by atoms with E-state index in [1.807, 2.05) is 23.0 Å². The predicted molar refractivity (Wildman–Crippen MR) is 126 cm³/mol. The summed E-state index contributed by atoms with van der Waals surface area (Å²) in [4.78, 5) is 26.3. The molecule has 2 N–H and O–H groups in total. The van der Waals surface area contributed by atoms with Crippen molar-refractivity contribution in [3.63, 3.8) is 0 Å². The molecule has 0 bridgehead atoms. The molecule has 1 amide bonds. The van der Waals surface area contributed by atoms with Gasteiger partial charge in [-0.25, -0.2) is 4.98 Å². The Morgan fingerprint density at radius 1 is 1.08 bits per heavy atom. The smallest absolute Gasteiger partial charge is 0.350 e. The van der Waals surface area contributed by atoms with Crippen molar-refractivity contribution in [3.8, 4) is 0 Å². The van der Waals surface area contributed by atoms with E-state index in [2.05, 4.69) is 30.7 Å². The van der Waals surface area contributed by atoms with E-state index in [4.69, 9.17) is 0 Å². The Bertz CT molecular complexity index is 1450. The van der Waals surface area contributed by atoms with Gasteiger partial charge in [-0.05, 0) is 54.3 Å². The molecule has 11 heteroatoms. The third kappa shape index (κ3) is 4.04. The number of nitrogens with one attached hydrogen (secondary N) is 2. The van der Waals surface area contributed by atoms with Crippen LogP contribution in [0, 0.1) is 0 Å². The first-order valence-corrected chi connectivity index (χ1v) is 11.8. The molecule has 1 unspecified atom stereocenters. The van der Waals surface area contributed by atoms with Crippen LogP contribution in [0.15, 0.2) is 48.9 Å². The number of nitrogens with zero attached hydrogens (tertiary/aromatic N) is 5. The third-order valence-electron chi connectivity index (χ3n) is 6.81. The summed E-state index contributed by atoms with van der Waals surface area (Å²) in [5.41, 5.74) is 1.45. The zero-order valence-electron chi connectivity index (χ0n) is 19.1. The average molecular weight is 493 g/mol. The summed E-state index contributed by atoms with van der Waals surface area (Å²) in [6.45, 7) is 0.405. The number of carbonyl (C=O) groups excluding carboxylic acids is 1. The van der Waals surface area contributed by atoms with Crippen LogP contribution in [0.1, 0.15) is 60.0 Å². The van der Waals surface area contributed by atoms with Crippen molar-refractivity contribution in [1.82, 2.24) is 24.7 Å². The Morgan fingerprint density at radius 3 is 2.61 bits per heavy atom. The van der Waals surface area contributed by atoms with Gasteiger partial charge in [-0.1, -0.05) is 12.8 Å². The van der Waals surface area contributed by atoms with Gasteiger partial charge in [0.15, 0.2) is 5.65 Å². The van der Waals surface area contributed by atoms with Gasteiger partial charge in [-0.2, -0.15) is 23.3 Å². The van der Waals surface area contributed by atoms with Gasteiger partial charge in [0, 0.05) is 30.8 Å². The maximum absolute atomic E-state index is 13.5. The quantitative estimate of drug-likeness (QED) is 0.404. The maximum atomic E-state index is 13.5. The van der Waals surface area contributed by atoms with Gasteiger partial charge in [0.2, 0.25) is 11.9 Å². The average Bonchev–Trinajstić information content (AvgIpc) is 3.60. The van der Waals surface area contributed by atoms with Crippen molar-refractivity contribution < 1.29 is 18.0 Å². The molecule has 2 aliphatic rings. The molecule has 0 spiro atoms. The molecular weight excluding hydrogens is 471 g/mol. The number of alkyl halides is 3. The number of pyridine rings is 1. The first-order valence-electron chi connectivity index (χ1n) is 11.8. The number of hydrogen-bond acceptors (Lipinski definition) is 6. The molecule has 184 valence electrons. The van der Waals surface area contributed by atoms with Gasteiger partial charge in [0.05, 0.1) is 22.7 Å². The molecular formula is C25H22F3N7O. The van der Waals surface area contributed by atoms with E-state index in [9.17, 15) is 18.0 Å². The van der Waals surface area contributed by atoms with E-state index in [1.54, 1.807) is 12.4 Å². The van der Waals surface area contributed by atoms with E-state index in [-0.39, 0.29) is 17.6 Å². The van der Waals surface area contributed by atoms with Gasteiger partial charge in [0.1, 0.15) is 5.92 Å². The Morgan fingerprint density at radius 2 is 1.86 bits per heavy atom. The van der Waals surface area contributed by atoms with Gasteiger partial charge < -0.3 is 10.6 Å². The number of amides is 1. The van der Waals surface area contributed by atoms with E-state index >= 15 is 0 Å². The van der Waals surface area contributed by atoms with E-state index < -0.39 is 23.6 Å². The van der Waals surface area contributed by atoms with Crippen molar-refractivity contribution in [1.29, 1.82) is 0 Å². The van der Waals surface area contributed by atoms with E-state index in [0.29, 0.717) is 29.0 Å². The number of rotatable bonds is 5. The van der Waals surface area contributed by atoms with Crippen LogP contribution in [0.4, 0.5) is 24.8 Å². The minimum Gasteiger partial charge on any atom is -0.350 e. The number of carbonyl (C=O) groups is 1. The number of fused-ring (bicyclic) bond motifs is 2. The van der Waals surface area contributed by atoms with Gasteiger partial charge in [-0.3, -0.25) is 14.5 Å². The molecule has 1 aliphatic carbocycles. The molecule has 1 aromatic carbocycles. The van der Waals surface area contributed by atoms with Crippen molar-refractivity contribution in [3.05, 3.63) is 71.3 Å².